The van der Waals surface area contributed by atoms with Crippen molar-refractivity contribution in [3.63, 3.8) is 0 Å². The van der Waals surface area contributed by atoms with Gasteiger partial charge in [-0.1, -0.05) is 16.8 Å². The van der Waals surface area contributed by atoms with Gasteiger partial charge in [0, 0.05) is 29.2 Å². The zero-order chi connectivity index (χ0) is 20.6. The van der Waals surface area contributed by atoms with Crippen LogP contribution in [0.4, 0.5) is 13.2 Å². The molecule has 0 radical (unpaired) electrons. The molecule has 3 aromatic rings. The Labute approximate surface area is 167 Å². The van der Waals surface area contributed by atoms with Gasteiger partial charge in [-0.25, -0.2) is 0 Å². The van der Waals surface area contributed by atoms with Crippen molar-refractivity contribution in [3.8, 4) is 17.1 Å². The molecule has 0 saturated carbocycles. The highest BCUT2D eigenvalue weighted by Crippen LogP contribution is 2.30. The molecule has 0 N–H and O–H groups in total. The topological polar surface area (TPSA) is 68.5 Å². The van der Waals surface area contributed by atoms with E-state index in [1.165, 1.54) is 24.3 Å². The minimum atomic E-state index is -4.75. The minimum Gasteiger partial charge on any atom is -0.406 e. The van der Waals surface area contributed by atoms with E-state index in [1.54, 1.807) is 29.2 Å². The third kappa shape index (κ3) is 4.34. The molecule has 1 amide bonds. The van der Waals surface area contributed by atoms with Gasteiger partial charge in [-0.2, -0.15) is 4.98 Å². The van der Waals surface area contributed by atoms with Crippen molar-refractivity contribution in [1.82, 2.24) is 15.0 Å². The molecule has 1 fully saturated rings. The number of rotatable bonds is 4. The monoisotopic (exact) mass is 423 g/mol. The van der Waals surface area contributed by atoms with Crippen LogP contribution >= 0.6 is 11.6 Å². The Balaban J connectivity index is 1.38. The molecule has 0 bridgehead atoms. The summed E-state index contributed by atoms with van der Waals surface area (Å²) in [6.07, 6.45) is -4.75. The second-order valence-corrected chi connectivity index (χ2v) is 6.88. The van der Waals surface area contributed by atoms with E-state index in [9.17, 15) is 18.0 Å². The lowest BCUT2D eigenvalue weighted by molar-refractivity contribution is -0.274. The van der Waals surface area contributed by atoms with Crippen LogP contribution in [0.2, 0.25) is 5.02 Å². The van der Waals surface area contributed by atoms with E-state index in [-0.39, 0.29) is 23.4 Å². The number of hydrogen-bond donors (Lipinski definition) is 0. The number of benzene rings is 2. The van der Waals surface area contributed by atoms with Crippen LogP contribution in [0.5, 0.6) is 5.75 Å². The molecule has 29 heavy (non-hydrogen) atoms. The Bertz CT molecular complexity index is 1010. The van der Waals surface area contributed by atoms with Gasteiger partial charge in [-0.15, -0.1) is 13.2 Å². The van der Waals surface area contributed by atoms with Gasteiger partial charge in [-0.05, 0) is 48.5 Å². The second-order valence-electron chi connectivity index (χ2n) is 6.44. The van der Waals surface area contributed by atoms with Crippen molar-refractivity contribution >= 4 is 17.5 Å². The van der Waals surface area contributed by atoms with Crippen molar-refractivity contribution in [3.05, 3.63) is 65.0 Å². The van der Waals surface area contributed by atoms with Crippen LogP contribution in [-0.4, -0.2) is 40.4 Å². The largest absolute Gasteiger partial charge is 0.573 e. The highest BCUT2D eigenvalue weighted by atomic mass is 35.5. The van der Waals surface area contributed by atoms with E-state index < -0.39 is 6.36 Å². The Morgan fingerprint density at radius 3 is 2.38 bits per heavy atom. The van der Waals surface area contributed by atoms with Crippen LogP contribution < -0.4 is 4.74 Å². The number of amides is 1. The molecule has 10 heteroatoms. The number of hydrogen-bond acceptors (Lipinski definition) is 5. The van der Waals surface area contributed by atoms with Gasteiger partial charge < -0.3 is 14.2 Å². The summed E-state index contributed by atoms with van der Waals surface area (Å²) in [7, 11) is 0. The lowest BCUT2D eigenvalue weighted by Gasteiger charge is -2.37. The minimum absolute atomic E-state index is 0.0969. The first-order valence-electron chi connectivity index (χ1n) is 8.53. The maximum absolute atomic E-state index is 12.4. The maximum Gasteiger partial charge on any atom is 0.573 e. The molecule has 2 aromatic carbocycles. The molecule has 0 spiro atoms. The standard InChI is InChI=1S/C19H13ClF3N3O3/c20-14-5-1-12(2-6-14)18(27)26-9-13(10-26)17-24-16(25-29-17)11-3-7-15(8-4-11)28-19(21,22)23/h1-8,13H,9-10H2. The van der Waals surface area contributed by atoms with Gasteiger partial charge in [0.25, 0.3) is 5.91 Å². The Morgan fingerprint density at radius 2 is 1.76 bits per heavy atom. The summed E-state index contributed by atoms with van der Waals surface area (Å²) in [6.45, 7) is 0.864. The van der Waals surface area contributed by atoms with E-state index in [4.69, 9.17) is 16.1 Å². The van der Waals surface area contributed by atoms with E-state index in [0.717, 1.165) is 0 Å². The molecule has 4 rings (SSSR count). The van der Waals surface area contributed by atoms with Crippen LogP contribution in [0, 0.1) is 0 Å². The summed E-state index contributed by atoms with van der Waals surface area (Å²) in [5.74, 6) is 0.0790. The molecule has 0 atom stereocenters. The smallest absolute Gasteiger partial charge is 0.406 e. The molecule has 1 aliphatic heterocycles. The Hall–Kier alpha value is -3.07. The highest BCUT2D eigenvalue weighted by Gasteiger charge is 2.36. The van der Waals surface area contributed by atoms with Gasteiger partial charge in [0.1, 0.15) is 5.75 Å². The van der Waals surface area contributed by atoms with Crippen molar-refractivity contribution in [2.24, 2.45) is 0 Å². The van der Waals surface area contributed by atoms with Gasteiger partial charge in [0.05, 0.1) is 5.92 Å². The second kappa shape index (κ2) is 7.40. The fourth-order valence-corrected chi connectivity index (χ4v) is 3.03. The predicted molar refractivity (Wildman–Crippen MR) is 96.5 cm³/mol. The molecule has 2 heterocycles. The maximum atomic E-state index is 12.4. The number of alkyl halides is 3. The summed E-state index contributed by atoms with van der Waals surface area (Å²) >= 11 is 5.83. The average Bonchev–Trinajstić information content (AvgIpc) is 3.10. The Kier molecular flexibility index (Phi) is 4.91. The molecule has 6 nitrogen and oxygen atoms in total. The average molecular weight is 424 g/mol. The highest BCUT2D eigenvalue weighted by molar-refractivity contribution is 6.30. The number of likely N-dealkylation sites (tertiary alicyclic amines) is 1. The number of aromatic nitrogens is 2. The summed E-state index contributed by atoms with van der Waals surface area (Å²) in [6, 6.07) is 11.8. The lowest BCUT2D eigenvalue weighted by Crippen LogP contribution is -2.48. The first-order valence-corrected chi connectivity index (χ1v) is 8.91. The predicted octanol–water partition coefficient (Wildman–Crippen LogP) is 4.53. The molecule has 0 aliphatic carbocycles. The quantitative estimate of drug-likeness (QED) is 0.616. The zero-order valence-corrected chi connectivity index (χ0v) is 15.4. The van der Waals surface area contributed by atoms with Crippen molar-refractivity contribution in [2.45, 2.75) is 12.3 Å². The van der Waals surface area contributed by atoms with Gasteiger partial charge >= 0.3 is 6.36 Å². The normalized spacial score (nSPS) is 14.6. The molecule has 1 aliphatic rings. The SMILES string of the molecule is O=C(c1ccc(Cl)cc1)N1CC(c2nc(-c3ccc(OC(F)(F)F)cc3)no2)C1. The lowest BCUT2D eigenvalue weighted by atomic mass is 9.98. The van der Waals surface area contributed by atoms with E-state index >= 15 is 0 Å². The van der Waals surface area contributed by atoms with Gasteiger partial charge in [0.2, 0.25) is 11.7 Å². The van der Waals surface area contributed by atoms with Crippen LogP contribution in [0.3, 0.4) is 0 Å². The van der Waals surface area contributed by atoms with E-state index in [0.29, 0.717) is 35.1 Å². The number of nitrogens with zero attached hydrogens (tertiary/aromatic N) is 3. The number of carbonyl (C=O) groups excluding carboxylic acids is 1. The Morgan fingerprint density at radius 1 is 1.10 bits per heavy atom. The first kappa shape index (κ1) is 19.3. The first-order chi connectivity index (χ1) is 13.8. The van der Waals surface area contributed by atoms with Gasteiger partial charge in [-0.3, -0.25) is 4.79 Å². The third-order valence-corrected chi connectivity index (χ3v) is 4.65. The van der Waals surface area contributed by atoms with E-state index in [1.807, 2.05) is 0 Å². The summed E-state index contributed by atoms with van der Waals surface area (Å²) in [4.78, 5) is 18.3. The molecule has 150 valence electrons. The molecular formula is C19H13ClF3N3O3. The van der Waals surface area contributed by atoms with Crippen molar-refractivity contribution in [2.75, 3.05) is 13.1 Å². The van der Waals surface area contributed by atoms with Crippen molar-refractivity contribution < 1.29 is 27.2 Å². The van der Waals surface area contributed by atoms with Crippen LogP contribution in [0.1, 0.15) is 22.2 Å². The molecule has 1 saturated heterocycles. The molecule has 1 aromatic heterocycles. The summed E-state index contributed by atoms with van der Waals surface area (Å²) in [5, 5.41) is 4.42. The van der Waals surface area contributed by atoms with E-state index in [2.05, 4.69) is 14.9 Å². The van der Waals surface area contributed by atoms with Gasteiger partial charge in [0.15, 0.2) is 0 Å². The number of ether oxygens (including phenoxy) is 1. The number of halogens is 4. The van der Waals surface area contributed by atoms with Crippen LogP contribution in [-0.2, 0) is 0 Å². The van der Waals surface area contributed by atoms with Crippen LogP contribution in [0.25, 0.3) is 11.4 Å². The van der Waals surface area contributed by atoms with Crippen LogP contribution in [0.15, 0.2) is 53.1 Å². The fourth-order valence-electron chi connectivity index (χ4n) is 2.90. The third-order valence-electron chi connectivity index (χ3n) is 4.40. The summed E-state index contributed by atoms with van der Waals surface area (Å²) < 4.78 is 45.7. The molecule has 0 unspecified atom stereocenters. The van der Waals surface area contributed by atoms with Crippen molar-refractivity contribution in [1.29, 1.82) is 0 Å². The molecular weight excluding hydrogens is 411 g/mol. The number of carbonyl (C=O) groups is 1. The summed E-state index contributed by atoms with van der Waals surface area (Å²) in [5.41, 5.74) is 1.03. The fraction of sp³-hybridized carbons (Fsp3) is 0.211. The zero-order valence-electron chi connectivity index (χ0n) is 14.7.